The van der Waals surface area contributed by atoms with Crippen LogP contribution in [0.15, 0.2) is 5.10 Å². The number of alkyl halides is 3. The van der Waals surface area contributed by atoms with Gasteiger partial charge in [-0.25, -0.2) is 0 Å². The van der Waals surface area contributed by atoms with E-state index in [1.54, 1.807) is 0 Å². The molecule has 0 spiro atoms. The Labute approximate surface area is 49.7 Å². The third-order valence-electron chi connectivity index (χ3n) is 0.862. The number of nitrogens with zero attached hydrogens (tertiary/aromatic N) is 1. The van der Waals surface area contributed by atoms with Crippen molar-refractivity contribution in [3.63, 3.8) is 0 Å². The van der Waals surface area contributed by atoms with E-state index in [4.69, 9.17) is 0 Å². The third-order valence-corrected chi connectivity index (χ3v) is 0.862. The van der Waals surface area contributed by atoms with Crippen LogP contribution in [0.25, 0.3) is 0 Å². The summed E-state index contributed by atoms with van der Waals surface area (Å²) in [6.07, 6.45) is -2.41. The van der Waals surface area contributed by atoms with Gasteiger partial charge in [-0.1, -0.05) is 0 Å². The van der Waals surface area contributed by atoms with E-state index >= 15 is 0 Å². The van der Waals surface area contributed by atoms with Crippen LogP contribution in [0.5, 0.6) is 0 Å². The molecular formula is C4H3F3N2. The van der Waals surface area contributed by atoms with Crippen molar-refractivity contribution in [2.24, 2.45) is 11.0 Å². The number of nitrogens with one attached hydrogen (secondary N) is 1. The Balaban J connectivity index is 2.53. The lowest BCUT2D eigenvalue weighted by molar-refractivity contribution is -0.145. The van der Waals surface area contributed by atoms with Crippen LogP contribution in [-0.2, 0) is 0 Å². The van der Waals surface area contributed by atoms with Crippen molar-refractivity contribution < 1.29 is 13.2 Å². The third kappa shape index (κ3) is 1.34. The smallest absolute Gasteiger partial charge is 0.303 e. The van der Waals surface area contributed by atoms with E-state index in [2.05, 4.69) is 5.10 Å². The Bertz CT molecular complexity index is 128. The fraction of sp³-hybridized carbons (Fsp3) is 0.500. The second-order valence-corrected chi connectivity index (χ2v) is 1.56. The van der Waals surface area contributed by atoms with E-state index in [1.807, 2.05) is 11.6 Å². The molecule has 5 heteroatoms. The van der Waals surface area contributed by atoms with Crippen LogP contribution in [0.3, 0.4) is 0 Å². The quantitative estimate of drug-likeness (QED) is 0.523. The van der Waals surface area contributed by atoms with Gasteiger partial charge in [-0.3, -0.25) is 0 Å². The Hall–Kier alpha value is -0.740. The van der Waals surface area contributed by atoms with Gasteiger partial charge < -0.3 is 5.43 Å². The van der Waals surface area contributed by atoms with Gasteiger partial charge in [0, 0.05) is 0 Å². The van der Waals surface area contributed by atoms with Gasteiger partial charge in [0.25, 0.3) is 0 Å². The molecule has 0 aromatic heterocycles. The lowest BCUT2D eigenvalue weighted by Gasteiger charge is -2.07. The first-order valence-electron chi connectivity index (χ1n) is 2.21. The Morgan fingerprint density at radius 1 is 1.56 bits per heavy atom. The van der Waals surface area contributed by atoms with Crippen molar-refractivity contribution >= 4 is 6.21 Å². The minimum absolute atomic E-state index is 0.833. The molecular weight excluding hydrogens is 133 g/mol. The monoisotopic (exact) mass is 136 g/mol. The van der Waals surface area contributed by atoms with Crippen molar-refractivity contribution in [1.29, 1.82) is 0 Å². The van der Waals surface area contributed by atoms with Gasteiger partial charge in [0.15, 0.2) is 0 Å². The molecule has 0 bridgehead atoms. The fourth-order valence-corrected chi connectivity index (χ4v) is 0.424. The topological polar surface area (TPSA) is 24.4 Å². The first-order chi connectivity index (χ1) is 4.11. The average Bonchev–Trinajstić information content (AvgIpc) is 2.08. The van der Waals surface area contributed by atoms with Crippen LogP contribution < -0.4 is 5.43 Å². The normalized spacial score (nSPS) is 26.3. The molecule has 0 aliphatic carbocycles. The summed E-state index contributed by atoms with van der Waals surface area (Å²) in [5.74, 6) is -1.64. The van der Waals surface area contributed by atoms with Gasteiger partial charge in [0.05, 0.1) is 12.8 Å². The highest BCUT2D eigenvalue weighted by Crippen LogP contribution is 2.27. The molecule has 1 N–H and O–H groups in total. The molecule has 2 radical (unpaired) electrons. The zero-order valence-corrected chi connectivity index (χ0v) is 4.24. The molecule has 1 aliphatic rings. The van der Waals surface area contributed by atoms with E-state index in [-0.39, 0.29) is 0 Å². The van der Waals surface area contributed by atoms with Crippen LogP contribution in [0, 0.1) is 12.5 Å². The van der Waals surface area contributed by atoms with Crippen LogP contribution in [0.1, 0.15) is 0 Å². The minimum atomic E-state index is -4.24. The zero-order valence-electron chi connectivity index (χ0n) is 4.24. The molecule has 0 fully saturated rings. The number of hydrazone groups is 1. The molecule has 50 valence electrons. The Morgan fingerprint density at radius 3 is 2.44 bits per heavy atom. The van der Waals surface area contributed by atoms with Crippen molar-refractivity contribution in [2.45, 2.75) is 6.18 Å². The molecule has 1 atom stereocenters. The molecule has 1 heterocycles. The van der Waals surface area contributed by atoms with Gasteiger partial charge in [-0.15, -0.1) is 0 Å². The van der Waals surface area contributed by atoms with Crippen molar-refractivity contribution in [1.82, 2.24) is 5.43 Å². The van der Waals surface area contributed by atoms with Crippen LogP contribution in [-0.4, -0.2) is 12.4 Å². The molecule has 1 unspecified atom stereocenters. The Morgan fingerprint density at radius 2 is 2.22 bits per heavy atom. The summed E-state index contributed by atoms with van der Waals surface area (Å²) in [6, 6.07) is 0. The summed E-state index contributed by atoms with van der Waals surface area (Å²) in [4.78, 5) is 0. The largest absolute Gasteiger partial charge is 0.399 e. The van der Waals surface area contributed by atoms with Crippen LogP contribution in [0.2, 0.25) is 0 Å². The predicted octanol–water partition coefficient (Wildman–Crippen LogP) is 0.793. The van der Waals surface area contributed by atoms with E-state index in [1.165, 1.54) is 0 Å². The maximum absolute atomic E-state index is 11.6. The molecule has 0 aromatic rings. The maximum atomic E-state index is 11.6. The molecule has 2 nitrogen and oxygen atoms in total. The van der Waals surface area contributed by atoms with Gasteiger partial charge in [-0.2, -0.15) is 18.3 Å². The lowest BCUT2D eigenvalue weighted by atomic mass is 10.2. The van der Waals surface area contributed by atoms with Crippen molar-refractivity contribution in [3.8, 4) is 0 Å². The first-order valence-corrected chi connectivity index (χ1v) is 2.21. The molecule has 0 aromatic carbocycles. The van der Waals surface area contributed by atoms with Crippen LogP contribution >= 0.6 is 0 Å². The molecule has 1 aliphatic heterocycles. The number of rotatable bonds is 0. The summed E-state index contributed by atoms with van der Waals surface area (Å²) in [6.45, 7) is 0.833. The lowest BCUT2D eigenvalue weighted by Crippen LogP contribution is -2.23. The minimum Gasteiger partial charge on any atom is -0.303 e. The summed E-state index contributed by atoms with van der Waals surface area (Å²) >= 11 is 0. The molecule has 1 rings (SSSR count). The average molecular weight is 136 g/mol. The number of hydrogen-bond donors (Lipinski definition) is 1. The molecule has 0 saturated heterocycles. The standard InChI is InChI=1S/C4H3F3N2/c5-4(6,7)3-1-8-9-2-3/h1,3,8H. The SMILES string of the molecule is FC(F)(F)C1[C]=NN[CH]1. The highest BCUT2D eigenvalue weighted by Gasteiger charge is 2.40. The van der Waals surface area contributed by atoms with Gasteiger partial charge in [0.2, 0.25) is 0 Å². The van der Waals surface area contributed by atoms with E-state index in [9.17, 15) is 13.2 Å². The van der Waals surface area contributed by atoms with Crippen molar-refractivity contribution in [3.05, 3.63) is 6.54 Å². The first kappa shape index (κ1) is 6.38. The summed E-state index contributed by atoms with van der Waals surface area (Å²) in [7, 11) is 0. The highest BCUT2D eigenvalue weighted by molar-refractivity contribution is 5.65. The second-order valence-electron chi connectivity index (χ2n) is 1.56. The van der Waals surface area contributed by atoms with Gasteiger partial charge >= 0.3 is 6.18 Å². The van der Waals surface area contributed by atoms with E-state index in [0.717, 1.165) is 6.54 Å². The second kappa shape index (κ2) is 1.89. The van der Waals surface area contributed by atoms with Crippen LogP contribution in [0.4, 0.5) is 13.2 Å². The van der Waals surface area contributed by atoms with Gasteiger partial charge in [0.1, 0.15) is 5.92 Å². The summed E-state index contributed by atoms with van der Waals surface area (Å²) in [5.41, 5.74) is 2.05. The number of hydrogen-bond acceptors (Lipinski definition) is 2. The molecule has 0 saturated carbocycles. The highest BCUT2D eigenvalue weighted by atomic mass is 19.4. The number of halogens is 3. The Kier molecular flexibility index (Phi) is 1.34. The molecule has 9 heavy (non-hydrogen) atoms. The summed E-state index contributed by atoms with van der Waals surface area (Å²) < 4.78 is 34.7. The zero-order chi connectivity index (χ0) is 6.91. The van der Waals surface area contributed by atoms with E-state index in [0.29, 0.717) is 0 Å². The fourth-order valence-electron chi connectivity index (χ4n) is 0.424. The van der Waals surface area contributed by atoms with E-state index < -0.39 is 12.1 Å². The van der Waals surface area contributed by atoms with Crippen molar-refractivity contribution in [2.75, 3.05) is 0 Å². The summed E-state index contributed by atoms with van der Waals surface area (Å²) in [5, 5.41) is 3.06. The molecule has 0 amide bonds. The maximum Gasteiger partial charge on any atom is 0.399 e. The van der Waals surface area contributed by atoms with Gasteiger partial charge in [-0.05, 0) is 0 Å². The predicted molar refractivity (Wildman–Crippen MR) is 24.4 cm³/mol.